The molecular formula is C22H29Cl2NOS. The lowest BCUT2D eigenvalue weighted by molar-refractivity contribution is -0.115. The number of carbonyl (C=O) groups excluding carboxylic acids is 1. The van der Waals surface area contributed by atoms with Crippen LogP contribution in [0.15, 0.2) is 30.4 Å². The van der Waals surface area contributed by atoms with Crippen molar-refractivity contribution in [1.82, 2.24) is 5.32 Å². The van der Waals surface area contributed by atoms with Crippen molar-refractivity contribution in [2.75, 3.05) is 5.75 Å². The van der Waals surface area contributed by atoms with Crippen molar-refractivity contribution in [3.8, 4) is 0 Å². The Balaban J connectivity index is 1.48. The molecule has 2 atom stereocenters. The molecule has 2 fully saturated rings. The lowest BCUT2D eigenvalue weighted by Crippen LogP contribution is -2.35. The van der Waals surface area contributed by atoms with Gasteiger partial charge in [0, 0.05) is 15.8 Å². The van der Waals surface area contributed by atoms with E-state index in [1.165, 1.54) is 32.1 Å². The Morgan fingerprint density at radius 1 is 1.33 bits per heavy atom. The third-order valence-electron chi connectivity index (χ3n) is 5.84. The Hall–Kier alpha value is -0.480. The number of hydrogen-bond acceptors (Lipinski definition) is 3. The Labute approximate surface area is 177 Å². The zero-order valence-corrected chi connectivity index (χ0v) is 18.5. The predicted octanol–water partition coefficient (Wildman–Crippen LogP) is 6.82. The van der Waals surface area contributed by atoms with E-state index in [0.717, 1.165) is 23.7 Å². The molecule has 2 unspecified atom stereocenters. The second-order valence-electron chi connectivity index (χ2n) is 8.21. The highest BCUT2D eigenvalue weighted by Gasteiger charge is 2.40. The van der Waals surface area contributed by atoms with Crippen molar-refractivity contribution < 1.29 is 4.79 Å². The molecule has 1 aliphatic carbocycles. The van der Waals surface area contributed by atoms with Gasteiger partial charge in [0.05, 0.1) is 11.4 Å². The summed E-state index contributed by atoms with van der Waals surface area (Å²) in [5.74, 6) is 1.81. The van der Waals surface area contributed by atoms with Crippen molar-refractivity contribution in [2.45, 2.75) is 63.8 Å². The molecule has 0 aromatic heterocycles. The van der Waals surface area contributed by atoms with Crippen LogP contribution in [-0.2, 0) is 4.79 Å². The molecule has 0 radical (unpaired) electrons. The first-order chi connectivity index (χ1) is 12.9. The molecule has 1 heterocycles. The first kappa shape index (κ1) is 21.2. The number of rotatable bonds is 8. The van der Waals surface area contributed by atoms with Crippen LogP contribution in [0.2, 0.25) is 10.0 Å². The van der Waals surface area contributed by atoms with Crippen molar-refractivity contribution in [3.63, 3.8) is 0 Å². The van der Waals surface area contributed by atoms with E-state index >= 15 is 0 Å². The average molecular weight is 426 g/mol. The maximum atomic E-state index is 12.5. The molecule has 1 aromatic rings. The topological polar surface area (TPSA) is 29.1 Å². The minimum absolute atomic E-state index is 0.0430. The van der Waals surface area contributed by atoms with E-state index in [1.54, 1.807) is 23.9 Å². The van der Waals surface area contributed by atoms with E-state index in [1.807, 2.05) is 12.1 Å². The normalized spacial score (nSPS) is 30.6. The number of hydrogen-bond donors (Lipinski definition) is 1. The zero-order chi connectivity index (χ0) is 19.4. The summed E-state index contributed by atoms with van der Waals surface area (Å²) in [7, 11) is 0. The molecule has 1 aliphatic heterocycles. The van der Waals surface area contributed by atoms with Gasteiger partial charge in [-0.2, -0.15) is 0 Å². The third kappa shape index (κ3) is 5.32. The zero-order valence-electron chi connectivity index (χ0n) is 16.1. The number of benzene rings is 1. The molecule has 1 N–H and O–H groups in total. The second kappa shape index (κ2) is 9.35. The van der Waals surface area contributed by atoms with Crippen molar-refractivity contribution in [1.29, 1.82) is 0 Å². The predicted molar refractivity (Wildman–Crippen MR) is 118 cm³/mol. The van der Waals surface area contributed by atoms with Gasteiger partial charge in [0.2, 0.25) is 0 Å². The summed E-state index contributed by atoms with van der Waals surface area (Å²) < 4.78 is 0. The number of thioether (sulfide) groups is 1. The highest BCUT2D eigenvalue weighted by molar-refractivity contribution is 7.99. The fourth-order valence-corrected chi connectivity index (χ4v) is 6.59. The molecule has 1 saturated carbocycles. The van der Waals surface area contributed by atoms with E-state index in [4.69, 9.17) is 23.2 Å². The number of carbonyl (C=O) groups is 1. The number of ketones is 1. The van der Waals surface area contributed by atoms with Crippen molar-refractivity contribution in [2.24, 2.45) is 11.3 Å². The van der Waals surface area contributed by atoms with Gasteiger partial charge in [-0.3, -0.25) is 10.1 Å². The fourth-order valence-electron chi connectivity index (χ4n) is 4.72. The Kier molecular flexibility index (Phi) is 7.35. The third-order valence-corrected chi connectivity index (χ3v) is 7.65. The minimum Gasteiger partial charge on any atom is -0.293 e. The lowest BCUT2D eigenvalue weighted by Gasteiger charge is -2.47. The fraction of sp³-hybridized carbons (Fsp3) is 0.591. The van der Waals surface area contributed by atoms with Crippen LogP contribution in [0.5, 0.6) is 0 Å². The summed E-state index contributed by atoms with van der Waals surface area (Å²) in [5, 5.41) is 4.72. The van der Waals surface area contributed by atoms with Gasteiger partial charge in [-0.15, -0.1) is 11.8 Å². The summed E-state index contributed by atoms with van der Waals surface area (Å²) in [6.07, 6.45) is 11.4. The SMILES string of the molecule is CCCC1(CC/C=C/C(=O)C2CSC(c3ccc(Cl)cc3Cl)N2)CC(C)C1. The van der Waals surface area contributed by atoms with Gasteiger partial charge in [-0.25, -0.2) is 0 Å². The van der Waals surface area contributed by atoms with Gasteiger partial charge in [-0.05, 0) is 67.2 Å². The Morgan fingerprint density at radius 2 is 2.11 bits per heavy atom. The molecule has 3 rings (SSSR count). The van der Waals surface area contributed by atoms with Gasteiger partial charge in [0.1, 0.15) is 0 Å². The highest BCUT2D eigenvalue weighted by Crippen LogP contribution is 2.52. The number of allylic oxidation sites excluding steroid dienone is 1. The maximum absolute atomic E-state index is 12.5. The van der Waals surface area contributed by atoms with E-state index in [9.17, 15) is 4.79 Å². The van der Waals surface area contributed by atoms with Crippen LogP contribution in [0.3, 0.4) is 0 Å². The Bertz CT molecular complexity index is 694. The van der Waals surface area contributed by atoms with Crippen LogP contribution >= 0.6 is 35.0 Å². The summed E-state index contributed by atoms with van der Waals surface area (Å²) in [5.41, 5.74) is 1.53. The largest absolute Gasteiger partial charge is 0.293 e. The van der Waals surface area contributed by atoms with E-state index in [-0.39, 0.29) is 17.2 Å². The molecule has 5 heteroatoms. The van der Waals surface area contributed by atoms with Crippen LogP contribution < -0.4 is 5.32 Å². The first-order valence-electron chi connectivity index (χ1n) is 9.95. The smallest absolute Gasteiger partial charge is 0.173 e. The monoisotopic (exact) mass is 425 g/mol. The first-order valence-corrected chi connectivity index (χ1v) is 11.8. The summed E-state index contributed by atoms with van der Waals surface area (Å²) in [6, 6.07) is 5.39. The Morgan fingerprint density at radius 3 is 2.78 bits per heavy atom. The number of nitrogens with one attached hydrogen (secondary N) is 1. The molecule has 1 aromatic carbocycles. The molecule has 0 bridgehead atoms. The van der Waals surface area contributed by atoms with Crippen molar-refractivity contribution in [3.05, 3.63) is 46.0 Å². The van der Waals surface area contributed by atoms with Crippen LogP contribution in [0.1, 0.15) is 63.3 Å². The molecule has 27 heavy (non-hydrogen) atoms. The quantitative estimate of drug-likeness (QED) is 0.463. The highest BCUT2D eigenvalue weighted by atomic mass is 35.5. The molecule has 1 saturated heterocycles. The van der Waals surface area contributed by atoms with Crippen LogP contribution in [-0.4, -0.2) is 17.6 Å². The molecule has 148 valence electrons. The number of halogens is 2. The minimum atomic E-state index is -0.142. The van der Waals surface area contributed by atoms with Gasteiger partial charge in [0.15, 0.2) is 5.78 Å². The molecule has 2 aliphatic rings. The van der Waals surface area contributed by atoms with Crippen molar-refractivity contribution >= 4 is 40.7 Å². The van der Waals surface area contributed by atoms with Gasteiger partial charge >= 0.3 is 0 Å². The average Bonchev–Trinajstić information content (AvgIpc) is 3.07. The lowest BCUT2D eigenvalue weighted by atomic mass is 9.58. The van der Waals surface area contributed by atoms with Crippen LogP contribution in [0.4, 0.5) is 0 Å². The molecule has 0 spiro atoms. The van der Waals surface area contributed by atoms with Gasteiger partial charge in [0.25, 0.3) is 0 Å². The standard InChI is InChI=1S/C22H29Cl2NOS/c1-3-9-22(12-15(2)13-22)10-5-4-6-20(26)19-14-27-21(25-19)17-8-7-16(23)11-18(17)24/h4,6-8,11,15,19,21,25H,3,5,9-10,12-14H2,1-2H3/b6-4+. The van der Waals surface area contributed by atoms with Crippen LogP contribution in [0, 0.1) is 11.3 Å². The van der Waals surface area contributed by atoms with Gasteiger partial charge in [-0.1, -0.05) is 55.6 Å². The van der Waals surface area contributed by atoms with Gasteiger partial charge < -0.3 is 0 Å². The molecule has 2 nitrogen and oxygen atoms in total. The summed E-state index contributed by atoms with van der Waals surface area (Å²) >= 11 is 14.0. The summed E-state index contributed by atoms with van der Waals surface area (Å²) in [6.45, 7) is 4.62. The van der Waals surface area contributed by atoms with Crippen LogP contribution in [0.25, 0.3) is 0 Å². The van der Waals surface area contributed by atoms with E-state index in [2.05, 4.69) is 25.2 Å². The second-order valence-corrected chi connectivity index (χ2v) is 10.2. The summed E-state index contributed by atoms with van der Waals surface area (Å²) in [4.78, 5) is 12.5. The van der Waals surface area contributed by atoms with E-state index < -0.39 is 0 Å². The molecule has 0 amide bonds. The molecular weight excluding hydrogens is 397 g/mol. The maximum Gasteiger partial charge on any atom is 0.173 e. The van der Waals surface area contributed by atoms with E-state index in [0.29, 0.717) is 15.5 Å².